The molecule has 0 aliphatic rings. The van der Waals surface area contributed by atoms with Gasteiger partial charge >= 0.3 is 0 Å². The first-order valence-electron chi connectivity index (χ1n) is 4.36. The number of aryl methyl sites for hydroxylation is 1. The average Bonchev–Trinajstić information content (AvgIpc) is 2.49. The second-order valence-corrected chi connectivity index (χ2v) is 4.40. The summed E-state index contributed by atoms with van der Waals surface area (Å²) < 4.78 is 5.02. The number of nitrogens with zero attached hydrogens (tertiary/aromatic N) is 1. The number of hydrogen-bond donors (Lipinski definition) is 1. The zero-order valence-corrected chi connectivity index (χ0v) is 9.15. The topological polar surface area (TPSA) is 34.1 Å². The van der Waals surface area contributed by atoms with Crippen LogP contribution in [0.1, 0.15) is 16.8 Å². The van der Waals surface area contributed by atoms with E-state index in [0.717, 1.165) is 18.2 Å². The first-order valence-corrected chi connectivity index (χ1v) is 5.17. The van der Waals surface area contributed by atoms with E-state index < -0.39 is 0 Å². The molecule has 0 saturated heterocycles. The molecule has 1 atom stereocenters. The highest BCUT2D eigenvalue weighted by Crippen LogP contribution is 2.10. The van der Waals surface area contributed by atoms with E-state index in [1.165, 1.54) is 4.88 Å². The zero-order chi connectivity index (χ0) is 9.68. The van der Waals surface area contributed by atoms with Crippen LogP contribution in [0.3, 0.4) is 0 Å². The van der Waals surface area contributed by atoms with Gasteiger partial charge in [-0.3, -0.25) is 0 Å². The molecule has 0 aromatic carbocycles. The minimum absolute atomic E-state index is 0.396. The lowest BCUT2D eigenvalue weighted by Gasteiger charge is -2.10. The lowest BCUT2D eigenvalue weighted by atomic mass is 10.3. The van der Waals surface area contributed by atoms with Crippen LogP contribution < -0.4 is 5.32 Å². The molecule has 1 aromatic rings. The summed E-state index contributed by atoms with van der Waals surface area (Å²) in [6.45, 7) is 5.76. The zero-order valence-electron chi connectivity index (χ0n) is 8.33. The number of aromatic nitrogens is 1. The van der Waals surface area contributed by atoms with Gasteiger partial charge in [-0.2, -0.15) is 0 Å². The van der Waals surface area contributed by atoms with E-state index in [2.05, 4.69) is 17.2 Å². The number of ether oxygens (including phenoxy) is 1. The van der Waals surface area contributed by atoms with Crippen molar-refractivity contribution in [3.8, 4) is 0 Å². The van der Waals surface area contributed by atoms with Crippen LogP contribution in [-0.2, 0) is 11.3 Å². The molecule has 0 fully saturated rings. The smallest absolute Gasteiger partial charge is 0.0897 e. The molecule has 0 aliphatic carbocycles. The van der Waals surface area contributed by atoms with Gasteiger partial charge < -0.3 is 10.1 Å². The molecule has 0 bridgehead atoms. The maximum Gasteiger partial charge on any atom is 0.0897 e. The van der Waals surface area contributed by atoms with Gasteiger partial charge in [0.2, 0.25) is 0 Å². The summed E-state index contributed by atoms with van der Waals surface area (Å²) in [7, 11) is 1.72. The standard InChI is InChI=1S/C9H16N2OS/c1-7(6-12-3)10-4-9-5-11-8(2)13-9/h5,7,10H,4,6H2,1-3H3. The highest BCUT2D eigenvalue weighted by atomic mass is 32.1. The molecule has 4 heteroatoms. The summed E-state index contributed by atoms with van der Waals surface area (Å²) in [5, 5.41) is 4.48. The SMILES string of the molecule is COCC(C)NCc1cnc(C)s1. The largest absolute Gasteiger partial charge is 0.383 e. The van der Waals surface area contributed by atoms with Crippen molar-refractivity contribution in [2.24, 2.45) is 0 Å². The molecule has 0 saturated carbocycles. The number of thiazole rings is 1. The van der Waals surface area contributed by atoms with Gasteiger partial charge in [-0.05, 0) is 13.8 Å². The van der Waals surface area contributed by atoms with Crippen molar-refractivity contribution in [3.05, 3.63) is 16.1 Å². The molecule has 13 heavy (non-hydrogen) atoms. The van der Waals surface area contributed by atoms with E-state index in [-0.39, 0.29) is 0 Å². The molecule has 3 nitrogen and oxygen atoms in total. The van der Waals surface area contributed by atoms with Crippen molar-refractivity contribution >= 4 is 11.3 Å². The number of hydrogen-bond acceptors (Lipinski definition) is 4. The Morgan fingerprint density at radius 2 is 2.46 bits per heavy atom. The molecule has 74 valence electrons. The molecule has 1 aromatic heterocycles. The number of rotatable bonds is 5. The second-order valence-electron chi connectivity index (χ2n) is 3.08. The van der Waals surface area contributed by atoms with Crippen LogP contribution in [0.5, 0.6) is 0 Å². The van der Waals surface area contributed by atoms with E-state index >= 15 is 0 Å². The third-order valence-corrected chi connectivity index (χ3v) is 2.62. The summed E-state index contributed by atoms with van der Waals surface area (Å²) in [6, 6.07) is 0.396. The predicted octanol–water partition coefficient (Wildman–Crippen LogP) is 1.58. The summed E-state index contributed by atoms with van der Waals surface area (Å²) in [5.74, 6) is 0. The highest BCUT2D eigenvalue weighted by molar-refractivity contribution is 7.11. The molecule has 1 unspecified atom stereocenters. The number of methoxy groups -OCH3 is 1. The Hall–Kier alpha value is -0.450. The van der Waals surface area contributed by atoms with Crippen LogP contribution in [0.4, 0.5) is 0 Å². The predicted molar refractivity (Wildman–Crippen MR) is 55.0 cm³/mol. The minimum atomic E-state index is 0.396. The molecule has 0 spiro atoms. The second kappa shape index (κ2) is 5.32. The van der Waals surface area contributed by atoms with Crippen molar-refractivity contribution in [2.75, 3.05) is 13.7 Å². The summed E-state index contributed by atoms with van der Waals surface area (Å²) >= 11 is 1.73. The Labute approximate surface area is 83.1 Å². The quantitative estimate of drug-likeness (QED) is 0.783. The van der Waals surface area contributed by atoms with E-state index in [0.29, 0.717) is 6.04 Å². The van der Waals surface area contributed by atoms with Crippen molar-refractivity contribution in [1.29, 1.82) is 0 Å². The van der Waals surface area contributed by atoms with Crippen molar-refractivity contribution in [3.63, 3.8) is 0 Å². The van der Waals surface area contributed by atoms with Gasteiger partial charge in [0.15, 0.2) is 0 Å². The molecule has 1 rings (SSSR count). The number of nitrogens with one attached hydrogen (secondary N) is 1. The Balaban J connectivity index is 2.26. The van der Waals surface area contributed by atoms with Gasteiger partial charge in [0.25, 0.3) is 0 Å². The van der Waals surface area contributed by atoms with Crippen molar-refractivity contribution in [2.45, 2.75) is 26.4 Å². The fourth-order valence-electron chi connectivity index (χ4n) is 1.07. The van der Waals surface area contributed by atoms with Gasteiger partial charge in [0.05, 0.1) is 11.6 Å². The molecule has 1 N–H and O–H groups in total. The van der Waals surface area contributed by atoms with Crippen molar-refractivity contribution in [1.82, 2.24) is 10.3 Å². The van der Waals surface area contributed by atoms with Crippen LogP contribution in [0.25, 0.3) is 0 Å². The molecular formula is C9H16N2OS. The lowest BCUT2D eigenvalue weighted by Crippen LogP contribution is -2.29. The molecule has 0 amide bonds. The minimum Gasteiger partial charge on any atom is -0.383 e. The molecule has 1 heterocycles. The van der Waals surface area contributed by atoms with E-state index in [4.69, 9.17) is 4.74 Å². The Morgan fingerprint density at radius 1 is 1.69 bits per heavy atom. The molecular weight excluding hydrogens is 184 g/mol. The Kier molecular flexibility index (Phi) is 4.35. The van der Waals surface area contributed by atoms with Gasteiger partial charge in [-0.1, -0.05) is 0 Å². The summed E-state index contributed by atoms with van der Waals surface area (Å²) in [4.78, 5) is 5.47. The van der Waals surface area contributed by atoms with Crippen LogP contribution in [-0.4, -0.2) is 24.7 Å². The lowest BCUT2D eigenvalue weighted by molar-refractivity contribution is 0.172. The van der Waals surface area contributed by atoms with E-state index in [1.54, 1.807) is 18.4 Å². The van der Waals surface area contributed by atoms with Gasteiger partial charge in [-0.25, -0.2) is 4.98 Å². The summed E-state index contributed by atoms with van der Waals surface area (Å²) in [6.07, 6.45) is 1.92. The van der Waals surface area contributed by atoms with Gasteiger partial charge in [-0.15, -0.1) is 11.3 Å². The van der Waals surface area contributed by atoms with E-state index in [9.17, 15) is 0 Å². The first-order chi connectivity index (χ1) is 6.22. The first kappa shape index (κ1) is 10.6. The van der Waals surface area contributed by atoms with E-state index in [1.807, 2.05) is 13.1 Å². The molecule has 0 aliphatic heterocycles. The van der Waals surface area contributed by atoms with Crippen LogP contribution in [0.15, 0.2) is 6.20 Å². The van der Waals surface area contributed by atoms with Crippen LogP contribution in [0.2, 0.25) is 0 Å². The maximum absolute atomic E-state index is 5.02. The average molecular weight is 200 g/mol. The molecule has 0 radical (unpaired) electrons. The Morgan fingerprint density at radius 3 is 3.00 bits per heavy atom. The normalized spacial score (nSPS) is 13.2. The van der Waals surface area contributed by atoms with Crippen LogP contribution >= 0.6 is 11.3 Å². The fourth-order valence-corrected chi connectivity index (χ4v) is 1.82. The Bertz CT molecular complexity index is 250. The van der Waals surface area contributed by atoms with Crippen molar-refractivity contribution < 1.29 is 4.74 Å². The maximum atomic E-state index is 5.02. The van der Waals surface area contributed by atoms with Crippen LogP contribution in [0, 0.1) is 6.92 Å². The van der Waals surface area contributed by atoms with Gasteiger partial charge in [0, 0.05) is 30.8 Å². The summed E-state index contributed by atoms with van der Waals surface area (Å²) in [5.41, 5.74) is 0. The third kappa shape index (κ3) is 3.85. The monoisotopic (exact) mass is 200 g/mol. The highest BCUT2D eigenvalue weighted by Gasteiger charge is 2.02. The fraction of sp³-hybridized carbons (Fsp3) is 0.667. The third-order valence-electron chi connectivity index (χ3n) is 1.71. The van der Waals surface area contributed by atoms with Gasteiger partial charge in [0.1, 0.15) is 0 Å².